The number of sulfonamides is 1. The lowest BCUT2D eigenvalue weighted by molar-refractivity contribution is 0.568. The van der Waals surface area contributed by atoms with Gasteiger partial charge in [-0.2, -0.15) is 11.3 Å². The third-order valence-electron chi connectivity index (χ3n) is 2.40. The van der Waals surface area contributed by atoms with Crippen molar-refractivity contribution in [2.24, 2.45) is 0 Å². The van der Waals surface area contributed by atoms with E-state index in [0.717, 1.165) is 5.56 Å². The first-order chi connectivity index (χ1) is 8.40. The van der Waals surface area contributed by atoms with E-state index in [1.165, 1.54) is 11.3 Å². The van der Waals surface area contributed by atoms with E-state index < -0.39 is 10.0 Å². The fourth-order valence-corrected chi connectivity index (χ4v) is 4.83. The van der Waals surface area contributed by atoms with Gasteiger partial charge in [0, 0.05) is 11.7 Å². The lowest BCUT2D eigenvalue weighted by Crippen LogP contribution is -2.26. The van der Waals surface area contributed by atoms with Gasteiger partial charge in [-0.15, -0.1) is 0 Å². The van der Waals surface area contributed by atoms with Gasteiger partial charge in [0.25, 0.3) is 10.0 Å². The first-order valence-corrected chi connectivity index (χ1v) is 8.38. The monoisotopic (exact) mass is 304 g/mol. The molecule has 0 aliphatic heterocycles. The molecule has 1 atom stereocenters. The highest BCUT2D eigenvalue weighted by Crippen LogP contribution is 2.21. The van der Waals surface area contributed by atoms with Crippen molar-refractivity contribution in [2.45, 2.75) is 24.1 Å². The van der Waals surface area contributed by atoms with E-state index in [1.807, 2.05) is 16.8 Å². The summed E-state index contributed by atoms with van der Waals surface area (Å²) in [5, 5.41) is 3.78. The highest BCUT2D eigenvalue weighted by molar-refractivity contribution is 7.91. The maximum absolute atomic E-state index is 12.1. The molecule has 0 aromatic carbocycles. The summed E-state index contributed by atoms with van der Waals surface area (Å²) >= 11 is 2.21. The van der Waals surface area contributed by atoms with Crippen LogP contribution in [0.2, 0.25) is 0 Å². The summed E-state index contributed by atoms with van der Waals surface area (Å²) in [4.78, 5) is 13.2. The third-order valence-corrected chi connectivity index (χ3v) is 6.25. The smallest absolute Gasteiger partial charge is 0.305 e. The maximum atomic E-state index is 12.1. The molecule has 2 rings (SSSR count). The zero-order valence-electron chi connectivity index (χ0n) is 9.76. The number of thiazole rings is 1. The molecule has 0 spiro atoms. The van der Waals surface area contributed by atoms with E-state index in [1.54, 1.807) is 13.8 Å². The molecule has 0 fully saturated rings. The SMILES string of the molecule is Cc1[nH]c(=O)sc1S(=O)(=O)NC(C)c1ccsc1. The Kier molecular flexibility index (Phi) is 3.71. The van der Waals surface area contributed by atoms with Crippen LogP contribution in [0.5, 0.6) is 0 Å². The van der Waals surface area contributed by atoms with Crippen molar-refractivity contribution in [3.63, 3.8) is 0 Å². The molecular weight excluding hydrogens is 292 g/mol. The van der Waals surface area contributed by atoms with E-state index in [2.05, 4.69) is 9.71 Å². The first kappa shape index (κ1) is 13.5. The predicted molar refractivity (Wildman–Crippen MR) is 72.7 cm³/mol. The Morgan fingerprint density at radius 1 is 1.44 bits per heavy atom. The number of aromatic amines is 1. The molecule has 0 aliphatic rings. The molecule has 98 valence electrons. The molecule has 2 N–H and O–H groups in total. The van der Waals surface area contributed by atoms with Crippen molar-refractivity contribution in [1.29, 1.82) is 0 Å². The summed E-state index contributed by atoms with van der Waals surface area (Å²) in [6.07, 6.45) is 0. The number of hydrogen-bond donors (Lipinski definition) is 2. The van der Waals surface area contributed by atoms with Crippen molar-refractivity contribution < 1.29 is 8.42 Å². The van der Waals surface area contributed by atoms with E-state index >= 15 is 0 Å². The normalized spacial score (nSPS) is 13.7. The molecule has 2 aromatic heterocycles. The number of aromatic nitrogens is 1. The number of H-pyrrole nitrogens is 1. The third kappa shape index (κ3) is 2.72. The van der Waals surface area contributed by atoms with Crippen LogP contribution in [0.1, 0.15) is 24.2 Å². The minimum atomic E-state index is -3.65. The Balaban J connectivity index is 2.28. The summed E-state index contributed by atoms with van der Waals surface area (Å²) in [5.41, 5.74) is 1.28. The van der Waals surface area contributed by atoms with E-state index in [4.69, 9.17) is 0 Å². The van der Waals surface area contributed by atoms with Crippen LogP contribution in [0.3, 0.4) is 0 Å². The summed E-state index contributed by atoms with van der Waals surface area (Å²) in [6.45, 7) is 3.34. The molecule has 8 heteroatoms. The summed E-state index contributed by atoms with van der Waals surface area (Å²) < 4.78 is 26.8. The zero-order valence-corrected chi connectivity index (χ0v) is 12.2. The average Bonchev–Trinajstić information content (AvgIpc) is 2.86. The van der Waals surface area contributed by atoms with Crippen LogP contribution in [0.15, 0.2) is 25.8 Å². The average molecular weight is 304 g/mol. The van der Waals surface area contributed by atoms with Crippen molar-refractivity contribution >= 4 is 32.7 Å². The highest BCUT2D eigenvalue weighted by atomic mass is 32.2. The molecule has 2 heterocycles. The van der Waals surface area contributed by atoms with E-state index in [9.17, 15) is 13.2 Å². The Morgan fingerprint density at radius 2 is 2.17 bits per heavy atom. The van der Waals surface area contributed by atoms with Crippen molar-refractivity contribution in [2.75, 3.05) is 0 Å². The zero-order chi connectivity index (χ0) is 13.3. The lowest BCUT2D eigenvalue weighted by Gasteiger charge is -2.12. The second-order valence-electron chi connectivity index (χ2n) is 3.83. The predicted octanol–water partition coefficient (Wildman–Crippen LogP) is 1.85. The molecule has 0 amide bonds. The summed E-state index contributed by atoms with van der Waals surface area (Å²) in [5.74, 6) is 0. The number of nitrogens with one attached hydrogen (secondary N) is 2. The van der Waals surface area contributed by atoms with Crippen LogP contribution >= 0.6 is 22.7 Å². The van der Waals surface area contributed by atoms with Crippen LogP contribution in [0, 0.1) is 6.92 Å². The first-order valence-electron chi connectivity index (χ1n) is 5.14. The van der Waals surface area contributed by atoms with Crippen LogP contribution in [-0.4, -0.2) is 13.4 Å². The molecule has 18 heavy (non-hydrogen) atoms. The molecule has 0 bridgehead atoms. The van der Waals surface area contributed by atoms with Gasteiger partial charge < -0.3 is 4.98 Å². The van der Waals surface area contributed by atoms with E-state index in [-0.39, 0.29) is 15.1 Å². The fourth-order valence-electron chi connectivity index (χ4n) is 1.52. The second-order valence-corrected chi connectivity index (χ2v) is 7.50. The van der Waals surface area contributed by atoms with Crippen LogP contribution < -0.4 is 9.60 Å². The van der Waals surface area contributed by atoms with Gasteiger partial charge >= 0.3 is 4.87 Å². The number of aryl methyl sites for hydroxylation is 1. The number of rotatable bonds is 4. The second kappa shape index (κ2) is 4.96. The fraction of sp³-hybridized carbons (Fsp3) is 0.300. The number of thiophene rings is 1. The van der Waals surface area contributed by atoms with Crippen molar-refractivity contribution in [1.82, 2.24) is 9.71 Å². The Bertz CT molecular complexity index is 682. The molecular formula is C10H12N2O3S3. The van der Waals surface area contributed by atoms with Gasteiger partial charge in [-0.1, -0.05) is 11.3 Å². The Hall–Kier alpha value is -0.960. The van der Waals surface area contributed by atoms with Gasteiger partial charge in [0.05, 0.1) is 0 Å². The van der Waals surface area contributed by atoms with Crippen LogP contribution in [-0.2, 0) is 10.0 Å². The number of hydrogen-bond acceptors (Lipinski definition) is 5. The maximum Gasteiger partial charge on any atom is 0.305 e. The van der Waals surface area contributed by atoms with Crippen molar-refractivity contribution in [3.05, 3.63) is 37.8 Å². The molecule has 0 radical (unpaired) electrons. The van der Waals surface area contributed by atoms with Gasteiger partial charge in [0.15, 0.2) is 4.21 Å². The lowest BCUT2D eigenvalue weighted by atomic mass is 10.2. The van der Waals surface area contributed by atoms with Gasteiger partial charge in [-0.3, -0.25) is 4.79 Å². The molecule has 2 aromatic rings. The quantitative estimate of drug-likeness (QED) is 0.904. The molecule has 0 aliphatic carbocycles. The molecule has 0 saturated heterocycles. The topological polar surface area (TPSA) is 79.0 Å². The molecule has 5 nitrogen and oxygen atoms in total. The Morgan fingerprint density at radius 3 is 2.67 bits per heavy atom. The standard InChI is InChI=1S/C10H12N2O3S3/c1-6(8-3-4-16-5-8)12-18(14,15)9-7(2)11-10(13)17-9/h3-6,12H,1-2H3,(H,11,13). The highest BCUT2D eigenvalue weighted by Gasteiger charge is 2.23. The van der Waals surface area contributed by atoms with Crippen molar-refractivity contribution in [3.8, 4) is 0 Å². The minimum Gasteiger partial charge on any atom is -0.315 e. The molecule has 1 unspecified atom stereocenters. The molecule has 0 saturated carbocycles. The van der Waals surface area contributed by atoms with Gasteiger partial charge in [-0.05, 0) is 36.2 Å². The van der Waals surface area contributed by atoms with Crippen LogP contribution in [0.4, 0.5) is 0 Å². The largest absolute Gasteiger partial charge is 0.315 e. The van der Waals surface area contributed by atoms with E-state index in [0.29, 0.717) is 17.0 Å². The Labute approximate surface area is 113 Å². The van der Waals surface area contributed by atoms with Gasteiger partial charge in [0.1, 0.15) is 0 Å². The van der Waals surface area contributed by atoms with Gasteiger partial charge in [0.2, 0.25) is 0 Å². The van der Waals surface area contributed by atoms with Gasteiger partial charge in [-0.25, -0.2) is 13.1 Å². The summed E-state index contributed by atoms with van der Waals surface area (Å²) in [6, 6.07) is 1.54. The summed E-state index contributed by atoms with van der Waals surface area (Å²) in [7, 11) is -3.65. The minimum absolute atomic E-state index is 0.0505. The van der Waals surface area contributed by atoms with Crippen LogP contribution in [0.25, 0.3) is 0 Å².